The highest BCUT2D eigenvalue weighted by Gasteiger charge is 2.05. The van der Waals surface area contributed by atoms with Crippen LogP contribution < -0.4 is 5.32 Å². The molecule has 0 unspecified atom stereocenters. The van der Waals surface area contributed by atoms with Gasteiger partial charge in [-0.2, -0.15) is 0 Å². The van der Waals surface area contributed by atoms with Crippen molar-refractivity contribution in [2.45, 2.75) is 12.3 Å². The van der Waals surface area contributed by atoms with E-state index in [1.807, 2.05) is 0 Å². The zero-order chi connectivity index (χ0) is 15.9. The van der Waals surface area contributed by atoms with Gasteiger partial charge in [-0.3, -0.25) is 4.79 Å². The van der Waals surface area contributed by atoms with Crippen LogP contribution in [0.4, 0.5) is 8.78 Å². The lowest BCUT2D eigenvalue weighted by molar-refractivity contribution is -0.118. The van der Waals surface area contributed by atoms with Crippen LogP contribution in [0.15, 0.2) is 46.9 Å². The van der Waals surface area contributed by atoms with E-state index in [1.165, 1.54) is 36.0 Å². The SMILES string of the molecule is O=C(CSCc1ccc(F)cc1Br)NCc1ccc(F)cc1. The molecule has 2 rings (SSSR count). The molecule has 0 bridgehead atoms. The molecule has 1 N–H and O–H groups in total. The predicted octanol–water partition coefficient (Wildman–Crippen LogP) is 4.28. The Morgan fingerprint density at radius 3 is 2.45 bits per heavy atom. The molecule has 116 valence electrons. The van der Waals surface area contributed by atoms with E-state index in [4.69, 9.17) is 0 Å². The predicted molar refractivity (Wildman–Crippen MR) is 88.5 cm³/mol. The maximum atomic E-state index is 13.0. The Morgan fingerprint density at radius 1 is 1.09 bits per heavy atom. The highest BCUT2D eigenvalue weighted by atomic mass is 79.9. The Hall–Kier alpha value is -1.40. The molecule has 0 atom stereocenters. The zero-order valence-corrected chi connectivity index (χ0v) is 14.0. The Kier molecular flexibility index (Phi) is 6.39. The number of carbonyl (C=O) groups excluding carboxylic acids is 1. The van der Waals surface area contributed by atoms with Crippen molar-refractivity contribution in [1.82, 2.24) is 5.32 Å². The number of thioether (sulfide) groups is 1. The molecule has 2 aromatic carbocycles. The summed E-state index contributed by atoms with van der Waals surface area (Å²) in [6.45, 7) is 0.375. The van der Waals surface area contributed by atoms with Crippen molar-refractivity contribution in [3.8, 4) is 0 Å². The normalized spacial score (nSPS) is 10.5. The summed E-state index contributed by atoms with van der Waals surface area (Å²) in [5.41, 5.74) is 1.79. The lowest BCUT2D eigenvalue weighted by atomic mass is 10.2. The fourth-order valence-corrected chi connectivity index (χ4v) is 3.28. The summed E-state index contributed by atoms with van der Waals surface area (Å²) in [6, 6.07) is 10.5. The molecule has 0 aromatic heterocycles. The van der Waals surface area contributed by atoms with E-state index in [-0.39, 0.29) is 17.5 Å². The van der Waals surface area contributed by atoms with Gasteiger partial charge in [0.15, 0.2) is 0 Å². The van der Waals surface area contributed by atoms with Crippen LogP contribution in [-0.4, -0.2) is 11.7 Å². The van der Waals surface area contributed by atoms with Crippen molar-refractivity contribution in [2.75, 3.05) is 5.75 Å². The largest absolute Gasteiger partial charge is 0.351 e. The molecule has 0 aliphatic carbocycles. The van der Waals surface area contributed by atoms with E-state index < -0.39 is 0 Å². The van der Waals surface area contributed by atoms with Crippen LogP contribution in [0.3, 0.4) is 0 Å². The molecule has 0 saturated heterocycles. The molecule has 0 radical (unpaired) electrons. The fraction of sp³-hybridized carbons (Fsp3) is 0.188. The molecule has 0 fully saturated rings. The monoisotopic (exact) mass is 385 g/mol. The van der Waals surface area contributed by atoms with E-state index in [0.717, 1.165) is 11.1 Å². The Labute approximate surface area is 140 Å². The average Bonchev–Trinajstić information content (AvgIpc) is 2.49. The fourth-order valence-electron chi connectivity index (χ4n) is 1.75. The molecule has 6 heteroatoms. The minimum atomic E-state index is -0.296. The van der Waals surface area contributed by atoms with Crippen molar-refractivity contribution < 1.29 is 13.6 Å². The van der Waals surface area contributed by atoms with Crippen LogP contribution in [0.2, 0.25) is 0 Å². The summed E-state index contributed by atoms with van der Waals surface area (Å²) in [4.78, 5) is 11.7. The van der Waals surface area contributed by atoms with Crippen molar-refractivity contribution >= 4 is 33.6 Å². The lowest BCUT2D eigenvalue weighted by Gasteiger charge is -2.07. The number of nitrogens with one attached hydrogen (secondary N) is 1. The summed E-state index contributed by atoms with van der Waals surface area (Å²) < 4.78 is 26.4. The van der Waals surface area contributed by atoms with E-state index >= 15 is 0 Å². The molecule has 22 heavy (non-hydrogen) atoms. The topological polar surface area (TPSA) is 29.1 Å². The smallest absolute Gasteiger partial charge is 0.230 e. The Bertz CT molecular complexity index is 649. The van der Waals surface area contributed by atoms with Gasteiger partial charge in [0.05, 0.1) is 5.75 Å². The number of carbonyl (C=O) groups is 1. The quantitative estimate of drug-likeness (QED) is 0.803. The standard InChI is InChI=1S/C16H14BrF2NOS/c17-15-7-14(19)6-3-12(15)9-22-10-16(21)20-8-11-1-4-13(18)5-2-11/h1-7H,8-10H2,(H,20,21). The third-order valence-corrected chi connectivity index (χ3v) is 4.63. The van der Waals surface area contributed by atoms with Gasteiger partial charge in [-0.05, 0) is 35.4 Å². The van der Waals surface area contributed by atoms with Gasteiger partial charge in [0.2, 0.25) is 5.91 Å². The summed E-state index contributed by atoms with van der Waals surface area (Å²) in [5.74, 6) is 0.247. The van der Waals surface area contributed by atoms with Gasteiger partial charge in [-0.1, -0.05) is 34.1 Å². The molecule has 2 nitrogen and oxygen atoms in total. The van der Waals surface area contributed by atoms with Crippen molar-refractivity contribution in [1.29, 1.82) is 0 Å². The number of hydrogen-bond acceptors (Lipinski definition) is 2. The molecule has 1 amide bonds. The summed E-state index contributed by atoms with van der Waals surface area (Å²) >= 11 is 4.74. The van der Waals surface area contributed by atoms with Crippen LogP contribution >= 0.6 is 27.7 Å². The average molecular weight is 386 g/mol. The zero-order valence-electron chi connectivity index (χ0n) is 11.6. The molecular formula is C16H14BrF2NOS. The number of rotatable bonds is 6. The number of amides is 1. The third kappa shape index (κ3) is 5.42. The second-order valence-corrected chi connectivity index (χ2v) is 6.47. The first-order valence-corrected chi connectivity index (χ1v) is 8.52. The van der Waals surface area contributed by atoms with Crippen molar-refractivity contribution in [3.05, 3.63) is 69.7 Å². The van der Waals surface area contributed by atoms with E-state index in [0.29, 0.717) is 22.5 Å². The second kappa shape index (κ2) is 8.29. The minimum Gasteiger partial charge on any atom is -0.351 e. The highest BCUT2D eigenvalue weighted by molar-refractivity contribution is 9.10. The molecule has 2 aromatic rings. The van der Waals surface area contributed by atoms with Crippen molar-refractivity contribution in [3.63, 3.8) is 0 Å². The molecule has 0 heterocycles. The number of hydrogen-bond donors (Lipinski definition) is 1. The van der Waals surface area contributed by atoms with Crippen LogP contribution in [0.1, 0.15) is 11.1 Å². The first-order valence-electron chi connectivity index (χ1n) is 6.57. The molecule has 0 aliphatic heterocycles. The first-order chi connectivity index (χ1) is 10.5. The van der Waals surface area contributed by atoms with Crippen LogP contribution in [0.5, 0.6) is 0 Å². The highest BCUT2D eigenvalue weighted by Crippen LogP contribution is 2.22. The van der Waals surface area contributed by atoms with E-state index in [2.05, 4.69) is 21.2 Å². The molecule has 0 aliphatic rings. The summed E-state index contributed by atoms with van der Waals surface area (Å²) in [5, 5.41) is 2.77. The molecule has 0 saturated carbocycles. The maximum absolute atomic E-state index is 13.0. The summed E-state index contributed by atoms with van der Waals surface area (Å²) in [7, 11) is 0. The maximum Gasteiger partial charge on any atom is 0.230 e. The molecule has 0 spiro atoms. The van der Waals surface area contributed by atoms with Crippen LogP contribution in [0, 0.1) is 11.6 Å². The minimum absolute atomic E-state index is 0.0902. The van der Waals surface area contributed by atoms with Gasteiger partial charge >= 0.3 is 0 Å². The van der Waals surface area contributed by atoms with E-state index in [9.17, 15) is 13.6 Å². The van der Waals surface area contributed by atoms with Crippen molar-refractivity contribution in [2.24, 2.45) is 0 Å². The van der Waals surface area contributed by atoms with Gasteiger partial charge < -0.3 is 5.32 Å². The Balaban J connectivity index is 1.72. The van der Waals surface area contributed by atoms with Gasteiger partial charge in [0.25, 0.3) is 0 Å². The second-order valence-electron chi connectivity index (χ2n) is 4.63. The van der Waals surface area contributed by atoms with Crippen LogP contribution in [-0.2, 0) is 17.1 Å². The van der Waals surface area contributed by atoms with Crippen LogP contribution in [0.25, 0.3) is 0 Å². The lowest BCUT2D eigenvalue weighted by Crippen LogP contribution is -2.24. The summed E-state index contributed by atoms with van der Waals surface area (Å²) in [6.07, 6.45) is 0. The first kappa shape index (κ1) is 17.0. The number of benzene rings is 2. The Morgan fingerprint density at radius 2 is 1.77 bits per heavy atom. The molecular weight excluding hydrogens is 372 g/mol. The van der Waals surface area contributed by atoms with Gasteiger partial charge in [0.1, 0.15) is 11.6 Å². The third-order valence-electron chi connectivity index (χ3n) is 2.91. The van der Waals surface area contributed by atoms with Gasteiger partial charge in [-0.15, -0.1) is 11.8 Å². The van der Waals surface area contributed by atoms with Gasteiger partial charge in [-0.25, -0.2) is 8.78 Å². The van der Waals surface area contributed by atoms with E-state index in [1.54, 1.807) is 18.2 Å². The number of halogens is 3. The van der Waals surface area contributed by atoms with Gasteiger partial charge in [0, 0.05) is 16.8 Å².